The van der Waals surface area contributed by atoms with Crippen molar-refractivity contribution in [3.63, 3.8) is 0 Å². The minimum atomic E-state index is -0.516. The number of esters is 1. The van der Waals surface area contributed by atoms with E-state index in [9.17, 15) is 9.59 Å². The van der Waals surface area contributed by atoms with Gasteiger partial charge in [0.25, 0.3) is 5.91 Å². The van der Waals surface area contributed by atoms with Crippen LogP contribution in [0.5, 0.6) is 0 Å². The summed E-state index contributed by atoms with van der Waals surface area (Å²) in [5.74, 6) is -0.294. The largest absolute Gasteiger partial charge is 0.465 e. The third-order valence-electron chi connectivity index (χ3n) is 3.61. The van der Waals surface area contributed by atoms with Crippen molar-refractivity contribution in [2.45, 2.75) is 13.8 Å². The fraction of sp³-hybridized carbons (Fsp3) is 0.294. The van der Waals surface area contributed by atoms with Crippen molar-refractivity contribution in [2.75, 3.05) is 30.4 Å². The van der Waals surface area contributed by atoms with Crippen molar-refractivity contribution >= 4 is 35.0 Å². The van der Waals surface area contributed by atoms with Gasteiger partial charge in [-0.15, -0.1) is 0 Å². The highest BCUT2D eigenvalue weighted by Crippen LogP contribution is 2.24. The molecule has 0 saturated carbocycles. The first-order valence-corrected chi connectivity index (χ1v) is 8.14. The van der Waals surface area contributed by atoms with Crippen molar-refractivity contribution in [3.8, 4) is 0 Å². The summed E-state index contributed by atoms with van der Waals surface area (Å²) in [6, 6.07) is 6.11. The van der Waals surface area contributed by atoms with Gasteiger partial charge in [0.2, 0.25) is 0 Å². The van der Waals surface area contributed by atoms with E-state index in [1.54, 1.807) is 6.07 Å². The summed E-state index contributed by atoms with van der Waals surface area (Å²) in [7, 11) is 1.28. The fourth-order valence-electron chi connectivity index (χ4n) is 2.24. The van der Waals surface area contributed by atoms with E-state index in [2.05, 4.69) is 20.0 Å². The number of hydrogen-bond acceptors (Lipinski definition) is 6. The van der Waals surface area contributed by atoms with Crippen LogP contribution in [-0.2, 0) is 4.74 Å². The maximum absolute atomic E-state index is 12.5. The molecule has 1 heterocycles. The summed E-state index contributed by atoms with van der Waals surface area (Å²) in [6.45, 7) is 5.54. The SMILES string of the molecule is CCN(CC)c1cc(C(=O)Nc2cc(C(=O)OC)ccc2Cl)ncn1. The molecular weight excluding hydrogens is 344 g/mol. The summed E-state index contributed by atoms with van der Waals surface area (Å²) in [5.41, 5.74) is 0.794. The summed E-state index contributed by atoms with van der Waals surface area (Å²) in [5, 5.41) is 2.97. The highest BCUT2D eigenvalue weighted by molar-refractivity contribution is 6.34. The summed E-state index contributed by atoms with van der Waals surface area (Å²) >= 11 is 6.09. The van der Waals surface area contributed by atoms with Gasteiger partial charge < -0.3 is 15.0 Å². The minimum absolute atomic E-state index is 0.205. The number of carbonyl (C=O) groups excluding carboxylic acids is 2. The van der Waals surface area contributed by atoms with E-state index < -0.39 is 11.9 Å². The van der Waals surface area contributed by atoms with E-state index in [1.165, 1.54) is 31.6 Å². The molecule has 132 valence electrons. The molecule has 0 bridgehead atoms. The Balaban J connectivity index is 2.25. The number of nitrogens with one attached hydrogen (secondary N) is 1. The zero-order valence-corrected chi connectivity index (χ0v) is 15.0. The second-order valence-electron chi connectivity index (χ2n) is 5.07. The molecule has 1 N–H and O–H groups in total. The Labute approximate surface area is 151 Å². The van der Waals surface area contributed by atoms with Gasteiger partial charge in [0.1, 0.15) is 17.8 Å². The molecule has 0 radical (unpaired) electrons. The third-order valence-corrected chi connectivity index (χ3v) is 3.94. The molecule has 8 heteroatoms. The van der Waals surface area contributed by atoms with E-state index in [-0.39, 0.29) is 11.3 Å². The molecule has 0 aliphatic heterocycles. The summed E-state index contributed by atoms with van der Waals surface area (Å²) in [6.07, 6.45) is 1.34. The van der Waals surface area contributed by atoms with Crippen molar-refractivity contribution in [2.24, 2.45) is 0 Å². The number of ether oxygens (including phenoxy) is 1. The highest BCUT2D eigenvalue weighted by Gasteiger charge is 2.15. The van der Waals surface area contributed by atoms with E-state index >= 15 is 0 Å². The molecule has 0 unspecified atom stereocenters. The molecular formula is C17H19ClN4O3. The lowest BCUT2D eigenvalue weighted by Gasteiger charge is -2.19. The Morgan fingerprint density at radius 3 is 2.56 bits per heavy atom. The van der Waals surface area contributed by atoms with Crippen molar-refractivity contribution in [1.82, 2.24) is 9.97 Å². The number of methoxy groups -OCH3 is 1. The molecule has 1 amide bonds. The van der Waals surface area contributed by atoms with Gasteiger partial charge in [-0.05, 0) is 32.0 Å². The first kappa shape index (κ1) is 18.7. The van der Waals surface area contributed by atoms with E-state index in [1.807, 2.05) is 18.7 Å². The van der Waals surface area contributed by atoms with Gasteiger partial charge >= 0.3 is 5.97 Å². The lowest BCUT2D eigenvalue weighted by Crippen LogP contribution is -2.24. The number of carbonyl (C=O) groups is 2. The van der Waals surface area contributed by atoms with Crippen LogP contribution in [0, 0.1) is 0 Å². The van der Waals surface area contributed by atoms with Crippen LogP contribution in [0.2, 0.25) is 5.02 Å². The zero-order valence-electron chi connectivity index (χ0n) is 14.2. The summed E-state index contributed by atoms with van der Waals surface area (Å²) in [4.78, 5) is 34.3. The molecule has 0 aliphatic rings. The number of rotatable bonds is 6. The van der Waals surface area contributed by atoms with Crippen LogP contribution in [0.15, 0.2) is 30.6 Å². The Bertz CT molecular complexity index is 778. The predicted molar refractivity (Wildman–Crippen MR) is 96.3 cm³/mol. The number of halogens is 1. The normalized spacial score (nSPS) is 10.2. The van der Waals surface area contributed by atoms with Crippen LogP contribution in [0.4, 0.5) is 11.5 Å². The topological polar surface area (TPSA) is 84.4 Å². The van der Waals surface area contributed by atoms with Crippen molar-refractivity contribution < 1.29 is 14.3 Å². The molecule has 7 nitrogen and oxygen atoms in total. The van der Waals surface area contributed by atoms with Crippen LogP contribution in [0.3, 0.4) is 0 Å². The lowest BCUT2D eigenvalue weighted by atomic mass is 10.2. The summed E-state index contributed by atoms with van der Waals surface area (Å²) < 4.78 is 4.67. The van der Waals surface area contributed by atoms with Gasteiger partial charge in [-0.3, -0.25) is 4.79 Å². The molecule has 0 saturated heterocycles. The predicted octanol–water partition coefficient (Wildman–Crippen LogP) is 3.02. The monoisotopic (exact) mass is 362 g/mol. The molecule has 0 spiro atoms. The molecule has 0 atom stereocenters. The quantitative estimate of drug-likeness (QED) is 0.795. The number of aromatic nitrogens is 2. The van der Waals surface area contributed by atoms with Gasteiger partial charge in [0.05, 0.1) is 23.4 Å². The van der Waals surface area contributed by atoms with Crippen LogP contribution in [0.1, 0.15) is 34.7 Å². The zero-order chi connectivity index (χ0) is 18.4. The Morgan fingerprint density at radius 2 is 1.92 bits per heavy atom. The van der Waals surface area contributed by atoms with Gasteiger partial charge in [0.15, 0.2) is 0 Å². The van der Waals surface area contributed by atoms with E-state index in [0.29, 0.717) is 16.5 Å². The minimum Gasteiger partial charge on any atom is -0.465 e. The van der Waals surface area contributed by atoms with E-state index in [0.717, 1.165) is 13.1 Å². The average Bonchev–Trinajstić information content (AvgIpc) is 2.64. The van der Waals surface area contributed by atoms with Crippen LogP contribution in [-0.4, -0.2) is 42.0 Å². The molecule has 25 heavy (non-hydrogen) atoms. The second-order valence-corrected chi connectivity index (χ2v) is 5.48. The number of hydrogen-bond donors (Lipinski definition) is 1. The standard InChI is InChI=1S/C17H19ClN4O3/c1-4-22(5-2)15-9-14(19-10-20-15)16(23)21-13-8-11(17(24)25-3)6-7-12(13)18/h6-10H,4-5H2,1-3H3,(H,21,23). The van der Waals surface area contributed by atoms with Crippen LogP contribution >= 0.6 is 11.6 Å². The van der Waals surface area contributed by atoms with Gasteiger partial charge in [0, 0.05) is 19.2 Å². The third kappa shape index (κ3) is 4.45. The number of nitrogens with zero attached hydrogens (tertiary/aromatic N) is 3. The van der Waals surface area contributed by atoms with Crippen molar-refractivity contribution in [3.05, 3.63) is 46.9 Å². The molecule has 0 fully saturated rings. The smallest absolute Gasteiger partial charge is 0.337 e. The molecule has 2 aromatic rings. The number of benzene rings is 1. The molecule has 2 rings (SSSR count). The maximum Gasteiger partial charge on any atom is 0.337 e. The average molecular weight is 363 g/mol. The maximum atomic E-state index is 12.5. The first-order chi connectivity index (χ1) is 12.0. The molecule has 0 aliphatic carbocycles. The Morgan fingerprint density at radius 1 is 1.20 bits per heavy atom. The Hall–Kier alpha value is -2.67. The molecule has 1 aromatic heterocycles. The first-order valence-electron chi connectivity index (χ1n) is 7.76. The van der Waals surface area contributed by atoms with Crippen molar-refractivity contribution in [1.29, 1.82) is 0 Å². The van der Waals surface area contributed by atoms with Crippen LogP contribution in [0.25, 0.3) is 0 Å². The van der Waals surface area contributed by atoms with Gasteiger partial charge in [-0.2, -0.15) is 0 Å². The molecule has 1 aromatic carbocycles. The van der Waals surface area contributed by atoms with Gasteiger partial charge in [-0.25, -0.2) is 14.8 Å². The Kier molecular flexibility index (Phi) is 6.30. The second kappa shape index (κ2) is 8.43. The van der Waals surface area contributed by atoms with E-state index in [4.69, 9.17) is 11.6 Å². The highest BCUT2D eigenvalue weighted by atomic mass is 35.5. The van der Waals surface area contributed by atoms with Crippen LogP contribution < -0.4 is 10.2 Å². The lowest BCUT2D eigenvalue weighted by molar-refractivity contribution is 0.0600. The van der Waals surface area contributed by atoms with Gasteiger partial charge in [-0.1, -0.05) is 11.6 Å². The number of anilines is 2. The number of amides is 1. The fourth-order valence-corrected chi connectivity index (χ4v) is 2.41.